The maximum Gasteiger partial charge on any atom is 0.338 e. The van der Waals surface area contributed by atoms with Crippen LogP contribution in [0.4, 0.5) is 0 Å². The van der Waals surface area contributed by atoms with Crippen molar-refractivity contribution >= 4 is 46.7 Å². The number of esters is 1. The fraction of sp³-hybridized carbons (Fsp3) is 0.333. The number of carbonyl (C=O) groups excluding carboxylic acids is 1. The molecule has 53 heavy (non-hydrogen) atoms. The van der Waals surface area contributed by atoms with Gasteiger partial charge in [-0.25, -0.2) is 4.79 Å². The van der Waals surface area contributed by atoms with Crippen LogP contribution < -0.4 is 14.2 Å². The molecule has 1 saturated heterocycles. The molecule has 4 aromatic rings. The number of benzene rings is 4. The van der Waals surface area contributed by atoms with Gasteiger partial charge in [-0.1, -0.05) is 89.4 Å². The van der Waals surface area contributed by atoms with Gasteiger partial charge in [0.1, 0.15) is 35.6 Å². The molecule has 0 amide bonds. The lowest BCUT2D eigenvalue weighted by atomic mass is 9.97. The number of carbonyl (C=O) groups is 1. The Balaban J connectivity index is 1.50. The summed E-state index contributed by atoms with van der Waals surface area (Å²) in [6.45, 7) is 0.366. The lowest BCUT2D eigenvalue weighted by Crippen LogP contribution is -2.62. The van der Waals surface area contributed by atoms with Gasteiger partial charge < -0.3 is 42.6 Å². The van der Waals surface area contributed by atoms with Crippen LogP contribution in [0.3, 0.4) is 0 Å². The molecule has 0 bridgehead atoms. The van der Waals surface area contributed by atoms with E-state index in [9.17, 15) is 4.79 Å². The largest absolute Gasteiger partial charge is 0.497 e. The van der Waals surface area contributed by atoms with Gasteiger partial charge in [0.05, 0.1) is 53.3 Å². The molecule has 0 spiro atoms. The molecule has 1 aliphatic heterocycles. The van der Waals surface area contributed by atoms with E-state index in [1.54, 1.807) is 63.8 Å². The molecule has 14 heteroatoms. The van der Waals surface area contributed by atoms with Crippen LogP contribution in [0.5, 0.6) is 17.2 Å². The number of hydrogen-bond donors (Lipinski definition) is 1. The molecule has 5 atom stereocenters. The van der Waals surface area contributed by atoms with Crippen LogP contribution in [-0.2, 0) is 48.2 Å². The third kappa shape index (κ3) is 11.5. The number of rotatable bonds is 16. The van der Waals surface area contributed by atoms with Crippen LogP contribution in [0, 0.1) is 5.41 Å². The van der Waals surface area contributed by atoms with E-state index in [1.165, 1.54) is 0 Å². The highest BCUT2D eigenvalue weighted by molar-refractivity contribution is 6.76. The van der Waals surface area contributed by atoms with Gasteiger partial charge in [0.15, 0.2) is 6.10 Å². The molecule has 282 valence electrons. The standard InChI is InChI=1S/C39H40Cl3NO10/c1-45-29-15-9-25(10-16-29)21-48-24-32-33(49-22-26-11-17-30(46-2)18-12-26)34(50-23-27-13-19-31(47-3)20-14-27)35(37(51-32)53-38(43)39(40,41)42)52-36(44)28-7-5-4-6-8-28/h4-20,32-35,37,43H,21-24H2,1-3H3/t32-,33-,34+,35-,37-/m1/s1. The SMILES string of the molecule is COc1ccc(COC[C@H]2O[C@H](OC(=N)C(Cl)(Cl)Cl)[C@H](OC(=O)c3ccccc3)[C@@H](OCc3ccc(OC)cc3)[C@@H]2OCc2ccc(OC)cc2)cc1. The third-order valence-corrected chi connectivity index (χ3v) is 8.76. The van der Waals surface area contributed by atoms with E-state index in [2.05, 4.69) is 0 Å². The van der Waals surface area contributed by atoms with Crippen molar-refractivity contribution in [2.24, 2.45) is 0 Å². The average Bonchev–Trinajstić information content (AvgIpc) is 3.18. The Kier molecular flexibility index (Phi) is 14.6. The molecule has 0 aliphatic carbocycles. The number of halogens is 3. The normalized spacial score (nSPS) is 19.9. The number of hydrogen-bond acceptors (Lipinski definition) is 11. The fourth-order valence-electron chi connectivity index (χ4n) is 5.42. The molecule has 0 saturated carbocycles. The van der Waals surface area contributed by atoms with E-state index in [4.69, 9.17) is 82.8 Å². The van der Waals surface area contributed by atoms with Crippen molar-refractivity contribution in [3.63, 3.8) is 0 Å². The van der Waals surface area contributed by atoms with Gasteiger partial charge in [-0.05, 0) is 65.2 Å². The summed E-state index contributed by atoms with van der Waals surface area (Å²) in [5.41, 5.74) is 2.76. The molecule has 4 aromatic carbocycles. The first-order valence-electron chi connectivity index (χ1n) is 16.5. The third-order valence-electron chi connectivity index (χ3n) is 8.25. The minimum Gasteiger partial charge on any atom is -0.497 e. The molecule has 1 fully saturated rings. The van der Waals surface area contributed by atoms with E-state index in [1.807, 2.05) is 60.7 Å². The molecule has 1 aliphatic rings. The van der Waals surface area contributed by atoms with Gasteiger partial charge in [-0.3, -0.25) is 5.41 Å². The number of methoxy groups -OCH3 is 3. The Labute approximate surface area is 323 Å². The van der Waals surface area contributed by atoms with Crippen molar-refractivity contribution in [3.05, 3.63) is 125 Å². The molecule has 1 N–H and O–H groups in total. The van der Waals surface area contributed by atoms with Crippen molar-refractivity contribution in [3.8, 4) is 17.2 Å². The Morgan fingerprint density at radius 3 is 1.58 bits per heavy atom. The highest BCUT2D eigenvalue weighted by Crippen LogP contribution is 2.35. The fourth-order valence-corrected chi connectivity index (χ4v) is 5.55. The second-order valence-electron chi connectivity index (χ2n) is 11.8. The molecule has 0 aromatic heterocycles. The second-order valence-corrected chi connectivity index (χ2v) is 14.1. The molecular weight excluding hydrogens is 749 g/mol. The maximum absolute atomic E-state index is 13.6. The summed E-state index contributed by atoms with van der Waals surface area (Å²) < 4.78 is 51.3. The molecule has 11 nitrogen and oxygen atoms in total. The topological polar surface area (TPSA) is 124 Å². The van der Waals surface area contributed by atoms with Crippen LogP contribution in [0.1, 0.15) is 27.0 Å². The van der Waals surface area contributed by atoms with Crippen LogP contribution in [0.25, 0.3) is 0 Å². The predicted molar refractivity (Wildman–Crippen MR) is 199 cm³/mol. The van der Waals surface area contributed by atoms with Gasteiger partial charge in [0.25, 0.3) is 3.79 Å². The van der Waals surface area contributed by atoms with Gasteiger partial charge in [0, 0.05) is 0 Å². The zero-order valence-corrected chi connectivity index (χ0v) is 31.5. The highest BCUT2D eigenvalue weighted by Gasteiger charge is 2.52. The lowest BCUT2D eigenvalue weighted by molar-refractivity contribution is -0.302. The molecule has 5 rings (SSSR count). The van der Waals surface area contributed by atoms with E-state index in [0.717, 1.165) is 16.7 Å². The summed E-state index contributed by atoms with van der Waals surface area (Å²) in [6, 6.07) is 30.5. The first-order chi connectivity index (χ1) is 25.6. The molecular formula is C39H40Cl3NO10. The minimum absolute atomic E-state index is 0.0258. The van der Waals surface area contributed by atoms with E-state index in [0.29, 0.717) is 17.2 Å². The van der Waals surface area contributed by atoms with Gasteiger partial charge in [-0.15, -0.1) is 0 Å². The molecule has 0 unspecified atom stereocenters. The first-order valence-corrected chi connectivity index (χ1v) is 17.6. The summed E-state index contributed by atoms with van der Waals surface area (Å²) in [4.78, 5) is 13.6. The van der Waals surface area contributed by atoms with Crippen molar-refractivity contribution in [2.45, 2.75) is 54.3 Å². The van der Waals surface area contributed by atoms with Crippen LogP contribution in [-0.4, -0.2) is 74.3 Å². The Morgan fingerprint density at radius 2 is 1.11 bits per heavy atom. The monoisotopic (exact) mass is 787 g/mol. The zero-order valence-electron chi connectivity index (χ0n) is 29.2. The summed E-state index contributed by atoms with van der Waals surface area (Å²) in [5.74, 6) is 0.611. The summed E-state index contributed by atoms with van der Waals surface area (Å²) >= 11 is 18.1. The van der Waals surface area contributed by atoms with Crippen LogP contribution >= 0.6 is 34.8 Å². The second kappa shape index (κ2) is 19.3. The Hall–Kier alpha value is -4.07. The van der Waals surface area contributed by atoms with Gasteiger partial charge in [0.2, 0.25) is 12.2 Å². The smallest absolute Gasteiger partial charge is 0.338 e. The number of alkyl halides is 3. The Morgan fingerprint density at radius 1 is 0.642 bits per heavy atom. The minimum atomic E-state index is -2.25. The lowest BCUT2D eigenvalue weighted by Gasteiger charge is -2.45. The van der Waals surface area contributed by atoms with E-state index >= 15 is 0 Å². The summed E-state index contributed by atoms with van der Waals surface area (Å²) in [6.07, 6.45) is -5.68. The number of ether oxygens (including phenoxy) is 9. The zero-order chi connectivity index (χ0) is 37.8. The van der Waals surface area contributed by atoms with Crippen molar-refractivity contribution in [2.75, 3.05) is 27.9 Å². The molecule has 1 heterocycles. The maximum atomic E-state index is 13.6. The van der Waals surface area contributed by atoms with E-state index in [-0.39, 0.29) is 32.0 Å². The summed E-state index contributed by atoms with van der Waals surface area (Å²) in [7, 11) is 4.76. The quantitative estimate of drug-likeness (QED) is 0.0523. The van der Waals surface area contributed by atoms with Crippen LogP contribution in [0.15, 0.2) is 103 Å². The first kappa shape index (κ1) is 40.1. The van der Waals surface area contributed by atoms with Gasteiger partial charge >= 0.3 is 5.97 Å². The van der Waals surface area contributed by atoms with Crippen LogP contribution in [0.2, 0.25) is 0 Å². The summed E-state index contributed by atoms with van der Waals surface area (Å²) in [5, 5.41) is 8.41. The Bertz CT molecular complexity index is 1740. The van der Waals surface area contributed by atoms with Crippen molar-refractivity contribution < 1.29 is 47.4 Å². The predicted octanol–water partition coefficient (Wildman–Crippen LogP) is 7.71. The van der Waals surface area contributed by atoms with Crippen molar-refractivity contribution in [1.82, 2.24) is 0 Å². The number of nitrogens with one attached hydrogen (secondary N) is 1. The average molecular weight is 789 g/mol. The molecule has 0 radical (unpaired) electrons. The highest BCUT2D eigenvalue weighted by atomic mass is 35.6. The van der Waals surface area contributed by atoms with Gasteiger partial charge in [-0.2, -0.15) is 0 Å². The van der Waals surface area contributed by atoms with Crippen molar-refractivity contribution in [1.29, 1.82) is 5.41 Å². The van der Waals surface area contributed by atoms with E-state index < -0.39 is 46.4 Å².